The van der Waals surface area contributed by atoms with E-state index in [1.54, 1.807) is 13.3 Å². The van der Waals surface area contributed by atoms with E-state index in [-0.39, 0.29) is 0 Å². The molecule has 5 heteroatoms. The van der Waals surface area contributed by atoms with Gasteiger partial charge in [0.2, 0.25) is 0 Å². The summed E-state index contributed by atoms with van der Waals surface area (Å²) >= 11 is 0. The second kappa shape index (κ2) is 9.33. The van der Waals surface area contributed by atoms with E-state index in [0.717, 1.165) is 38.2 Å². The number of ether oxygens (including phenoxy) is 2. The van der Waals surface area contributed by atoms with Crippen LogP contribution in [0.4, 0.5) is 0 Å². The predicted octanol–water partition coefficient (Wildman–Crippen LogP) is 0.942. The standard InChI is InChI=1S/C11H21N3O2/c1-15-8-9-16-7-3-2-5-12-10-11-4-6-13-14-11/h4,6,12H,2-3,5,7-10H2,1H3,(H,13,14). The molecule has 0 amide bonds. The SMILES string of the molecule is COCCOCCCCNCc1ccn[nH]1. The molecule has 0 saturated carbocycles. The monoisotopic (exact) mass is 227 g/mol. The zero-order valence-corrected chi connectivity index (χ0v) is 9.87. The van der Waals surface area contributed by atoms with Crippen molar-refractivity contribution >= 4 is 0 Å². The van der Waals surface area contributed by atoms with E-state index in [2.05, 4.69) is 15.5 Å². The fourth-order valence-electron chi connectivity index (χ4n) is 1.30. The molecular formula is C11H21N3O2. The number of rotatable bonds is 10. The molecular weight excluding hydrogens is 206 g/mol. The summed E-state index contributed by atoms with van der Waals surface area (Å²) in [5.41, 5.74) is 1.12. The molecule has 1 aromatic heterocycles. The van der Waals surface area contributed by atoms with E-state index >= 15 is 0 Å². The van der Waals surface area contributed by atoms with Gasteiger partial charge >= 0.3 is 0 Å². The molecule has 2 N–H and O–H groups in total. The van der Waals surface area contributed by atoms with Gasteiger partial charge in [-0.3, -0.25) is 5.10 Å². The largest absolute Gasteiger partial charge is 0.382 e. The van der Waals surface area contributed by atoms with Crippen LogP contribution in [-0.4, -0.2) is 43.7 Å². The normalized spacial score (nSPS) is 10.8. The van der Waals surface area contributed by atoms with Gasteiger partial charge in [0, 0.05) is 32.2 Å². The fraction of sp³-hybridized carbons (Fsp3) is 0.727. The number of aromatic nitrogens is 2. The van der Waals surface area contributed by atoms with Gasteiger partial charge in [-0.1, -0.05) is 0 Å². The Morgan fingerprint density at radius 3 is 3.00 bits per heavy atom. The summed E-state index contributed by atoms with van der Waals surface area (Å²) in [6.45, 7) is 4.04. The Hall–Kier alpha value is -0.910. The van der Waals surface area contributed by atoms with Crippen LogP contribution >= 0.6 is 0 Å². The zero-order chi connectivity index (χ0) is 11.5. The number of hydrogen-bond acceptors (Lipinski definition) is 4. The van der Waals surface area contributed by atoms with Gasteiger partial charge in [-0.15, -0.1) is 0 Å². The number of nitrogens with zero attached hydrogens (tertiary/aromatic N) is 1. The topological polar surface area (TPSA) is 59.2 Å². The van der Waals surface area contributed by atoms with Crippen molar-refractivity contribution in [3.8, 4) is 0 Å². The Balaban J connectivity index is 1.78. The van der Waals surface area contributed by atoms with Gasteiger partial charge in [0.25, 0.3) is 0 Å². The lowest BCUT2D eigenvalue weighted by Crippen LogP contribution is -2.15. The Bertz CT molecular complexity index is 239. The second-order valence-corrected chi connectivity index (χ2v) is 3.57. The summed E-state index contributed by atoms with van der Waals surface area (Å²) < 4.78 is 10.2. The molecule has 0 spiro atoms. The quantitative estimate of drug-likeness (QED) is 0.584. The first-order chi connectivity index (χ1) is 7.93. The molecule has 0 bridgehead atoms. The van der Waals surface area contributed by atoms with Gasteiger partial charge in [-0.25, -0.2) is 0 Å². The van der Waals surface area contributed by atoms with E-state index in [1.807, 2.05) is 6.07 Å². The second-order valence-electron chi connectivity index (χ2n) is 3.57. The summed E-state index contributed by atoms with van der Waals surface area (Å²) in [5.74, 6) is 0. The maximum absolute atomic E-state index is 5.36. The summed E-state index contributed by atoms with van der Waals surface area (Å²) in [6, 6.07) is 1.97. The van der Waals surface area contributed by atoms with Crippen LogP contribution < -0.4 is 5.32 Å². The average molecular weight is 227 g/mol. The molecule has 0 aliphatic heterocycles. The van der Waals surface area contributed by atoms with Crippen LogP contribution in [0.25, 0.3) is 0 Å². The highest BCUT2D eigenvalue weighted by atomic mass is 16.5. The minimum Gasteiger partial charge on any atom is -0.382 e. The van der Waals surface area contributed by atoms with Crippen LogP contribution in [0.5, 0.6) is 0 Å². The highest BCUT2D eigenvalue weighted by Crippen LogP contribution is 1.92. The minimum absolute atomic E-state index is 0.679. The van der Waals surface area contributed by atoms with Crippen molar-refractivity contribution in [2.45, 2.75) is 19.4 Å². The number of nitrogens with one attached hydrogen (secondary N) is 2. The van der Waals surface area contributed by atoms with Crippen LogP contribution in [0.1, 0.15) is 18.5 Å². The first kappa shape index (κ1) is 13.2. The highest BCUT2D eigenvalue weighted by molar-refractivity contribution is 4.96. The van der Waals surface area contributed by atoms with Crippen LogP contribution in [0, 0.1) is 0 Å². The maximum atomic E-state index is 5.36. The Kier molecular flexibility index (Phi) is 7.67. The fourth-order valence-corrected chi connectivity index (χ4v) is 1.30. The molecule has 0 aliphatic carbocycles. The molecule has 5 nitrogen and oxygen atoms in total. The molecule has 0 atom stereocenters. The van der Waals surface area contributed by atoms with Crippen LogP contribution in [0.3, 0.4) is 0 Å². The lowest BCUT2D eigenvalue weighted by atomic mass is 10.3. The summed E-state index contributed by atoms with van der Waals surface area (Å²) in [6.07, 6.45) is 3.97. The Labute approximate surface area is 96.5 Å². The molecule has 1 heterocycles. The van der Waals surface area contributed by atoms with Gasteiger partial charge in [0.05, 0.1) is 13.2 Å². The van der Waals surface area contributed by atoms with Crippen molar-refractivity contribution in [3.05, 3.63) is 18.0 Å². The highest BCUT2D eigenvalue weighted by Gasteiger charge is 1.93. The number of unbranched alkanes of at least 4 members (excludes halogenated alkanes) is 1. The van der Waals surface area contributed by atoms with Crippen molar-refractivity contribution in [3.63, 3.8) is 0 Å². The molecule has 1 rings (SSSR count). The van der Waals surface area contributed by atoms with Gasteiger partial charge < -0.3 is 14.8 Å². The molecule has 0 unspecified atom stereocenters. The maximum Gasteiger partial charge on any atom is 0.0700 e. The number of methoxy groups -OCH3 is 1. The molecule has 92 valence electrons. The third-order valence-electron chi connectivity index (χ3n) is 2.20. The van der Waals surface area contributed by atoms with E-state index < -0.39 is 0 Å². The van der Waals surface area contributed by atoms with Gasteiger partial charge in [0.1, 0.15) is 0 Å². The summed E-state index contributed by atoms with van der Waals surface area (Å²) in [5, 5.41) is 10.1. The third kappa shape index (κ3) is 6.55. The van der Waals surface area contributed by atoms with E-state index in [9.17, 15) is 0 Å². The number of aromatic amines is 1. The summed E-state index contributed by atoms with van der Waals surface area (Å²) in [7, 11) is 1.68. The van der Waals surface area contributed by atoms with Crippen molar-refractivity contribution in [1.29, 1.82) is 0 Å². The van der Waals surface area contributed by atoms with Crippen LogP contribution in [-0.2, 0) is 16.0 Å². The van der Waals surface area contributed by atoms with Crippen LogP contribution in [0.15, 0.2) is 12.3 Å². The van der Waals surface area contributed by atoms with Gasteiger partial charge in [-0.05, 0) is 25.5 Å². The van der Waals surface area contributed by atoms with E-state index in [1.165, 1.54) is 0 Å². The van der Waals surface area contributed by atoms with Crippen molar-refractivity contribution in [1.82, 2.24) is 15.5 Å². The number of hydrogen-bond donors (Lipinski definition) is 2. The van der Waals surface area contributed by atoms with Crippen LogP contribution in [0.2, 0.25) is 0 Å². The first-order valence-corrected chi connectivity index (χ1v) is 5.69. The molecule has 0 aromatic carbocycles. The van der Waals surface area contributed by atoms with E-state index in [0.29, 0.717) is 13.2 Å². The Morgan fingerprint density at radius 1 is 1.31 bits per heavy atom. The lowest BCUT2D eigenvalue weighted by Gasteiger charge is -2.04. The van der Waals surface area contributed by atoms with Crippen molar-refractivity contribution < 1.29 is 9.47 Å². The van der Waals surface area contributed by atoms with Crippen molar-refractivity contribution in [2.24, 2.45) is 0 Å². The zero-order valence-electron chi connectivity index (χ0n) is 9.87. The first-order valence-electron chi connectivity index (χ1n) is 5.69. The molecule has 0 aliphatic rings. The van der Waals surface area contributed by atoms with Gasteiger partial charge in [-0.2, -0.15) is 5.10 Å². The number of H-pyrrole nitrogens is 1. The summed E-state index contributed by atoms with van der Waals surface area (Å²) in [4.78, 5) is 0. The Morgan fingerprint density at radius 2 is 2.25 bits per heavy atom. The van der Waals surface area contributed by atoms with E-state index in [4.69, 9.17) is 9.47 Å². The molecule has 0 radical (unpaired) electrons. The smallest absolute Gasteiger partial charge is 0.0700 e. The average Bonchev–Trinajstić information content (AvgIpc) is 2.80. The van der Waals surface area contributed by atoms with Gasteiger partial charge in [0.15, 0.2) is 0 Å². The predicted molar refractivity (Wildman–Crippen MR) is 62.2 cm³/mol. The molecule has 0 saturated heterocycles. The van der Waals surface area contributed by atoms with Crippen molar-refractivity contribution in [2.75, 3.05) is 33.5 Å². The minimum atomic E-state index is 0.679. The molecule has 16 heavy (non-hydrogen) atoms. The molecule has 0 fully saturated rings. The third-order valence-corrected chi connectivity index (χ3v) is 2.20. The lowest BCUT2D eigenvalue weighted by molar-refractivity contribution is 0.0688. The molecule has 1 aromatic rings.